The van der Waals surface area contributed by atoms with Crippen molar-refractivity contribution >= 4 is 11.3 Å². The van der Waals surface area contributed by atoms with Crippen molar-refractivity contribution in [2.75, 3.05) is 18.5 Å². The fourth-order valence-electron chi connectivity index (χ4n) is 2.40. The van der Waals surface area contributed by atoms with E-state index >= 15 is 0 Å². The number of anilines is 1. The van der Waals surface area contributed by atoms with Crippen LogP contribution in [0.1, 0.15) is 52.5 Å². The van der Waals surface area contributed by atoms with Gasteiger partial charge in [-0.3, -0.25) is 4.98 Å². The summed E-state index contributed by atoms with van der Waals surface area (Å²) < 4.78 is 0. The maximum absolute atomic E-state index is 4.44. The van der Waals surface area contributed by atoms with Gasteiger partial charge in [-0.05, 0) is 44.4 Å². The number of nitrogens with one attached hydrogen (secondary N) is 1. The van der Waals surface area contributed by atoms with Gasteiger partial charge in [-0.25, -0.2) is 0 Å². The Bertz CT molecular complexity index is 570. The van der Waals surface area contributed by atoms with Crippen LogP contribution in [-0.2, 0) is 0 Å². The number of nitrogens with zero attached hydrogens (tertiary/aromatic N) is 2. The molecule has 0 atom stereocenters. The minimum absolute atomic E-state index is 0.945. The van der Waals surface area contributed by atoms with Crippen molar-refractivity contribution in [3.8, 4) is 0 Å². The van der Waals surface area contributed by atoms with Crippen molar-refractivity contribution in [1.82, 2.24) is 10.3 Å². The Morgan fingerprint density at radius 2 is 2.04 bits per heavy atom. The van der Waals surface area contributed by atoms with Crippen molar-refractivity contribution in [3.63, 3.8) is 0 Å². The molecule has 1 heterocycles. The molecule has 1 aromatic rings. The van der Waals surface area contributed by atoms with Crippen LogP contribution >= 0.6 is 0 Å². The lowest BCUT2D eigenvalue weighted by atomic mass is 10.0. The molecule has 0 aromatic carbocycles. The summed E-state index contributed by atoms with van der Waals surface area (Å²) in [6, 6.07) is 2.22. The lowest BCUT2D eigenvalue weighted by molar-refractivity contribution is 0.765. The largest absolute Gasteiger partial charge is 0.373 e. The first-order chi connectivity index (χ1) is 11.0. The van der Waals surface area contributed by atoms with Crippen LogP contribution in [0.15, 0.2) is 48.6 Å². The Balaban J connectivity index is 3.05. The van der Waals surface area contributed by atoms with Crippen molar-refractivity contribution in [2.24, 2.45) is 0 Å². The third-order valence-electron chi connectivity index (χ3n) is 3.55. The zero-order valence-corrected chi connectivity index (χ0v) is 15.3. The summed E-state index contributed by atoms with van der Waals surface area (Å²) in [7, 11) is 2.13. The molecule has 0 saturated heterocycles. The SMILES string of the molecule is C=C(C)N/C(C)=C/C(=C\CC)c1cncc(N(C)CCCC)c1. The molecule has 0 bridgehead atoms. The number of hydrogen-bond donors (Lipinski definition) is 1. The molecular weight excluding hydrogens is 282 g/mol. The zero-order valence-electron chi connectivity index (χ0n) is 15.3. The first-order valence-electron chi connectivity index (χ1n) is 8.45. The van der Waals surface area contributed by atoms with E-state index in [4.69, 9.17) is 0 Å². The van der Waals surface area contributed by atoms with Gasteiger partial charge in [0.1, 0.15) is 0 Å². The Labute approximate surface area is 141 Å². The Kier molecular flexibility index (Phi) is 8.17. The van der Waals surface area contributed by atoms with Crippen LogP contribution in [0.3, 0.4) is 0 Å². The second-order valence-corrected chi connectivity index (χ2v) is 6.01. The van der Waals surface area contributed by atoms with E-state index in [1.807, 2.05) is 19.3 Å². The van der Waals surface area contributed by atoms with Crippen LogP contribution in [0.25, 0.3) is 5.57 Å². The molecule has 3 nitrogen and oxygen atoms in total. The lowest BCUT2D eigenvalue weighted by Crippen LogP contribution is -2.18. The molecule has 0 radical (unpaired) electrons. The molecule has 0 aliphatic rings. The van der Waals surface area contributed by atoms with Gasteiger partial charge in [-0.1, -0.05) is 32.9 Å². The number of aromatic nitrogens is 1. The average Bonchev–Trinajstić information content (AvgIpc) is 2.51. The molecule has 126 valence electrons. The van der Waals surface area contributed by atoms with E-state index in [0.29, 0.717) is 0 Å². The predicted molar refractivity (Wildman–Crippen MR) is 102 cm³/mol. The molecule has 1 aromatic heterocycles. The van der Waals surface area contributed by atoms with E-state index in [-0.39, 0.29) is 0 Å². The van der Waals surface area contributed by atoms with Gasteiger partial charge in [0, 0.05) is 36.7 Å². The van der Waals surface area contributed by atoms with Crippen LogP contribution in [0, 0.1) is 0 Å². The minimum atomic E-state index is 0.945. The van der Waals surface area contributed by atoms with Crippen LogP contribution in [0.5, 0.6) is 0 Å². The van der Waals surface area contributed by atoms with Gasteiger partial charge in [-0.2, -0.15) is 0 Å². The highest BCUT2D eigenvalue weighted by Gasteiger charge is 2.05. The summed E-state index contributed by atoms with van der Waals surface area (Å²) in [6.45, 7) is 13.3. The number of unbranched alkanes of at least 4 members (excludes halogenated alkanes) is 1. The normalized spacial score (nSPS) is 12.2. The number of hydrogen-bond acceptors (Lipinski definition) is 3. The van der Waals surface area contributed by atoms with E-state index in [1.54, 1.807) is 0 Å². The van der Waals surface area contributed by atoms with Crippen LogP contribution in [0.2, 0.25) is 0 Å². The number of pyridine rings is 1. The van der Waals surface area contributed by atoms with Gasteiger partial charge in [0.2, 0.25) is 0 Å². The summed E-state index contributed by atoms with van der Waals surface area (Å²) in [5.74, 6) is 0. The molecule has 0 unspecified atom stereocenters. The minimum Gasteiger partial charge on any atom is -0.373 e. The maximum Gasteiger partial charge on any atom is 0.0556 e. The molecular formula is C20H31N3. The second kappa shape index (κ2) is 9.88. The van der Waals surface area contributed by atoms with Crippen LogP contribution < -0.4 is 10.2 Å². The number of rotatable bonds is 9. The quantitative estimate of drug-likeness (QED) is 0.640. The molecule has 23 heavy (non-hydrogen) atoms. The molecule has 0 aliphatic heterocycles. The van der Waals surface area contributed by atoms with Gasteiger partial charge < -0.3 is 10.2 Å². The molecule has 0 fully saturated rings. The third kappa shape index (κ3) is 6.72. The zero-order chi connectivity index (χ0) is 17.2. The van der Waals surface area contributed by atoms with Gasteiger partial charge in [-0.15, -0.1) is 0 Å². The van der Waals surface area contributed by atoms with Crippen molar-refractivity contribution in [1.29, 1.82) is 0 Å². The monoisotopic (exact) mass is 313 g/mol. The molecule has 0 aliphatic carbocycles. The van der Waals surface area contributed by atoms with Crippen molar-refractivity contribution < 1.29 is 0 Å². The second-order valence-electron chi connectivity index (χ2n) is 6.01. The third-order valence-corrected chi connectivity index (χ3v) is 3.55. The molecule has 0 saturated carbocycles. The molecule has 1 rings (SSSR count). The Hall–Kier alpha value is -2.03. The van der Waals surface area contributed by atoms with E-state index in [0.717, 1.165) is 35.6 Å². The van der Waals surface area contributed by atoms with E-state index in [2.05, 4.69) is 67.8 Å². The fraction of sp³-hybridized carbons (Fsp3) is 0.450. The number of allylic oxidation sites excluding steroid dienone is 5. The van der Waals surface area contributed by atoms with E-state index in [1.165, 1.54) is 18.4 Å². The fourth-order valence-corrected chi connectivity index (χ4v) is 2.40. The first-order valence-corrected chi connectivity index (χ1v) is 8.45. The van der Waals surface area contributed by atoms with Gasteiger partial charge in [0.05, 0.1) is 11.9 Å². The smallest absolute Gasteiger partial charge is 0.0556 e. The summed E-state index contributed by atoms with van der Waals surface area (Å²) in [4.78, 5) is 6.71. The lowest BCUT2D eigenvalue weighted by Gasteiger charge is -2.19. The summed E-state index contributed by atoms with van der Waals surface area (Å²) in [5.41, 5.74) is 5.53. The average molecular weight is 313 g/mol. The summed E-state index contributed by atoms with van der Waals surface area (Å²) in [6.07, 6.45) is 11.6. The van der Waals surface area contributed by atoms with Crippen molar-refractivity contribution in [2.45, 2.75) is 47.0 Å². The molecule has 0 spiro atoms. The summed E-state index contributed by atoms with van der Waals surface area (Å²) in [5, 5.41) is 3.26. The standard InChI is InChI=1S/C20H31N3/c1-7-9-11-23(6)20-13-19(14-21-15-20)18(10-8-2)12-17(5)22-16(3)4/h10,12-15,22H,3,7-9,11H2,1-2,4-6H3/b17-12+,18-10+. The maximum atomic E-state index is 4.44. The Morgan fingerprint density at radius 1 is 1.30 bits per heavy atom. The van der Waals surface area contributed by atoms with E-state index in [9.17, 15) is 0 Å². The van der Waals surface area contributed by atoms with Crippen molar-refractivity contribution in [3.05, 3.63) is 54.1 Å². The highest BCUT2D eigenvalue weighted by molar-refractivity contribution is 5.75. The Morgan fingerprint density at radius 3 is 2.65 bits per heavy atom. The van der Waals surface area contributed by atoms with Gasteiger partial charge >= 0.3 is 0 Å². The predicted octanol–water partition coefficient (Wildman–Crippen LogP) is 5.14. The molecule has 0 amide bonds. The molecule has 3 heteroatoms. The highest BCUT2D eigenvalue weighted by atomic mass is 15.1. The first kappa shape index (κ1) is 19.0. The van der Waals surface area contributed by atoms with E-state index < -0.39 is 0 Å². The summed E-state index contributed by atoms with van der Waals surface area (Å²) >= 11 is 0. The highest BCUT2D eigenvalue weighted by Crippen LogP contribution is 2.22. The van der Waals surface area contributed by atoms with Crippen LogP contribution in [-0.4, -0.2) is 18.6 Å². The van der Waals surface area contributed by atoms with Gasteiger partial charge in [0.15, 0.2) is 0 Å². The van der Waals surface area contributed by atoms with Gasteiger partial charge in [0.25, 0.3) is 0 Å². The topological polar surface area (TPSA) is 28.2 Å². The molecule has 1 N–H and O–H groups in total. The van der Waals surface area contributed by atoms with Crippen LogP contribution in [0.4, 0.5) is 5.69 Å².